The summed E-state index contributed by atoms with van der Waals surface area (Å²) >= 11 is 0. The number of anilines is 1. The van der Waals surface area contributed by atoms with E-state index < -0.39 is 23.6 Å². The Morgan fingerprint density at radius 3 is 2.17 bits per heavy atom. The quantitative estimate of drug-likeness (QED) is 0.532. The van der Waals surface area contributed by atoms with Crippen LogP contribution in [-0.2, 0) is 25.5 Å². The van der Waals surface area contributed by atoms with Gasteiger partial charge in [0.2, 0.25) is 5.76 Å². The Morgan fingerprint density at radius 1 is 0.966 bits per heavy atom. The Labute approximate surface area is 168 Å². The van der Waals surface area contributed by atoms with Gasteiger partial charge in [0, 0.05) is 13.1 Å². The van der Waals surface area contributed by atoms with Crippen LogP contribution in [0.1, 0.15) is 19.4 Å². The fourth-order valence-electron chi connectivity index (χ4n) is 3.15. The zero-order valence-electron chi connectivity index (χ0n) is 16.2. The lowest BCUT2D eigenvalue weighted by Gasteiger charge is -2.22. The fraction of sp³-hybridized carbons (Fsp3) is 0.227. The Kier molecular flexibility index (Phi) is 6.07. The van der Waals surface area contributed by atoms with Crippen molar-refractivity contribution in [1.82, 2.24) is 4.90 Å². The van der Waals surface area contributed by atoms with Crippen molar-refractivity contribution in [2.24, 2.45) is 0 Å². The fourth-order valence-corrected chi connectivity index (χ4v) is 3.15. The molecule has 1 heterocycles. The van der Waals surface area contributed by atoms with Crippen molar-refractivity contribution in [3.05, 3.63) is 77.4 Å². The van der Waals surface area contributed by atoms with Gasteiger partial charge in [0.05, 0.1) is 12.1 Å². The lowest BCUT2D eigenvalue weighted by atomic mass is 10.1. The summed E-state index contributed by atoms with van der Waals surface area (Å²) in [6, 6.07) is 13.9. The first-order chi connectivity index (χ1) is 14.0. The third-order valence-electron chi connectivity index (χ3n) is 4.59. The summed E-state index contributed by atoms with van der Waals surface area (Å²) in [5.74, 6) is -2.78. The number of ether oxygens (including phenoxy) is 1. The van der Waals surface area contributed by atoms with Crippen LogP contribution in [0.4, 0.5) is 10.1 Å². The van der Waals surface area contributed by atoms with E-state index in [2.05, 4.69) is 0 Å². The summed E-state index contributed by atoms with van der Waals surface area (Å²) in [6.07, 6.45) is -0.0338. The summed E-state index contributed by atoms with van der Waals surface area (Å²) in [6.45, 7) is 4.56. The highest BCUT2D eigenvalue weighted by Crippen LogP contribution is 2.30. The van der Waals surface area contributed by atoms with E-state index in [-0.39, 0.29) is 23.6 Å². The molecule has 29 heavy (non-hydrogen) atoms. The van der Waals surface area contributed by atoms with Crippen LogP contribution in [-0.4, -0.2) is 35.8 Å². The number of amides is 2. The minimum Gasteiger partial charge on any atom is -0.418 e. The molecule has 7 heteroatoms. The normalized spacial score (nSPS) is 13.8. The van der Waals surface area contributed by atoms with Crippen LogP contribution in [0.5, 0.6) is 0 Å². The third-order valence-corrected chi connectivity index (χ3v) is 4.59. The van der Waals surface area contributed by atoms with Crippen LogP contribution >= 0.6 is 0 Å². The molecule has 0 radical (unpaired) electrons. The van der Waals surface area contributed by atoms with E-state index in [1.54, 1.807) is 29.2 Å². The number of halogens is 1. The van der Waals surface area contributed by atoms with Gasteiger partial charge in [-0.15, -0.1) is 0 Å². The summed E-state index contributed by atoms with van der Waals surface area (Å²) < 4.78 is 18.6. The van der Waals surface area contributed by atoms with Gasteiger partial charge in [-0.05, 0) is 43.7 Å². The zero-order chi connectivity index (χ0) is 21.0. The highest BCUT2D eigenvalue weighted by molar-refractivity contribution is 6.32. The second-order valence-electron chi connectivity index (χ2n) is 6.41. The topological polar surface area (TPSA) is 66.9 Å². The molecule has 0 bridgehead atoms. The van der Waals surface area contributed by atoms with E-state index in [1.807, 2.05) is 19.9 Å². The molecular weight excluding hydrogens is 375 g/mol. The van der Waals surface area contributed by atoms with Gasteiger partial charge in [0.15, 0.2) is 5.70 Å². The van der Waals surface area contributed by atoms with Crippen LogP contribution in [0.25, 0.3) is 0 Å². The number of carbonyl (C=O) groups is 3. The van der Waals surface area contributed by atoms with Crippen molar-refractivity contribution in [2.45, 2.75) is 20.3 Å². The number of rotatable bonds is 7. The predicted molar refractivity (Wildman–Crippen MR) is 105 cm³/mol. The van der Waals surface area contributed by atoms with E-state index in [0.29, 0.717) is 13.1 Å². The molecule has 3 rings (SSSR count). The second-order valence-corrected chi connectivity index (χ2v) is 6.41. The number of carbonyl (C=O) groups excluding carboxylic acids is 3. The standard InChI is InChI=1S/C22H21FN2O4/c1-3-24(4-2)19-20(29-18(26)14-15-8-6-5-7-9-15)22(28)25(21(19)27)17-12-10-16(23)11-13-17/h5-13H,3-4,14H2,1-2H3. The van der Waals surface area contributed by atoms with Gasteiger partial charge in [-0.2, -0.15) is 0 Å². The van der Waals surface area contributed by atoms with Gasteiger partial charge in [-0.3, -0.25) is 14.4 Å². The molecule has 0 saturated heterocycles. The maximum Gasteiger partial charge on any atom is 0.315 e. The molecule has 0 unspecified atom stereocenters. The van der Waals surface area contributed by atoms with Crippen molar-refractivity contribution in [3.8, 4) is 0 Å². The van der Waals surface area contributed by atoms with Crippen molar-refractivity contribution >= 4 is 23.5 Å². The number of benzene rings is 2. The summed E-state index contributed by atoms with van der Waals surface area (Å²) in [4.78, 5) is 41.0. The molecule has 0 spiro atoms. The van der Waals surface area contributed by atoms with Crippen molar-refractivity contribution < 1.29 is 23.5 Å². The predicted octanol–water partition coefficient (Wildman–Crippen LogP) is 3.04. The highest BCUT2D eigenvalue weighted by atomic mass is 19.1. The van der Waals surface area contributed by atoms with E-state index in [1.165, 1.54) is 12.1 Å². The number of likely N-dealkylation sites (N-methyl/N-ethyl adjacent to an activating group) is 1. The summed E-state index contributed by atoms with van der Waals surface area (Å²) in [7, 11) is 0. The summed E-state index contributed by atoms with van der Waals surface area (Å²) in [5, 5.41) is 0. The molecule has 2 aromatic carbocycles. The van der Waals surface area contributed by atoms with Crippen molar-refractivity contribution in [2.75, 3.05) is 18.0 Å². The average molecular weight is 396 g/mol. The first-order valence-electron chi connectivity index (χ1n) is 9.34. The van der Waals surface area contributed by atoms with Gasteiger partial charge in [0.25, 0.3) is 5.91 Å². The molecule has 0 saturated carbocycles. The van der Waals surface area contributed by atoms with Crippen LogP contribution in [0, 0.1) is 5.82 Å². The highest BCUT2D eigenvalue weighted by Gasteiger charge is 2.44. The number of nitrogens with zero attached hydrogens (tertiary/aromatic N) is 2. The SMILES string of the molecule is CCN(CC)C1=C(OC(=O)Cc2ccccc2)C(=O)N(c2ccc(F)cc2)C1=O. The van der Waals surface area contributed by atoms with Gasteiger partial charge in [0.1, 0.15) is 5.82 Å². The van der Waals surface area contributed by atoms with Gasteiger partial charge in [-0.1, -0.05) is 30.3 Å². The minimum absolute atomic E-state index is 0.0331. The molecule has 150 valence electrons. The van der Waals surface area contributed by atoms with E-state index in [9.17, 15) is 18.8 Å². The smallest absolute Gasteiger partial charge is 0.315 e. The molecule has 0 atom stereocenters. The monoisotopic (exact) mass is 396 g/mol. The average Bonchev–Trinajstić information content (AvgIpc) is 2.95. The van der Waals surface area contributed by atoms with E-state index >= 15 is 0 Å². The molecule has 0 aliphatic carbocycles. The Bertz CT molecular complexity index is 951. The Balaban J connectivity index is 1.92. The maximum atomic E-state index is 13.3. The Morgan fingerprint density at radius 2 is 1.59 bits per heavy atom. The zero-order valence-corrected chi connectivity index (χ0v) is 16.2. The van der Waals surface area contributed by atoms with Crippen molar-refractivity contribution in [3.63, 3.8) is 0 Å². The maximum absolute atomic E-state index is 13.3. The van der Waals surface area contributed by atoms with Crippen LogP contribution in [0.2, 0.25) is 0 Å². The van der Waals surface area contributed by atoms with Crippen LogP contribution in [0.15, 0.2) is 66.1 Å². The molecule has 6 nitrogen and oxygen atoms in total. The van der Waals surface area contributed by atoms with E-state index in [4.69, 9.17) is 4.74 Å². The first kappa shape index (κ1) is 20.3. The molecule has 0 N–H and O–H groups in total. The first-order valence-corrected chi connectivity index (χ1v) is 9.34. The van der Waals surface area contributed by atoms with Crippen LogP contribution in [0.3, 0.4) is 0 Å². The number of esters is 1. The number of hydrogen-bond acceptors (Lipinski definition) is 5. The minimum atomic E-state index is -0.745. The van der Waals surface area contributed by atoms with E-state index in [0.717, 1.165) is 22.6 Å². The van der Waals surface area contributed by atoms with Gasteiger partial charge >= 0.3 is 11.9 Å². The number of imide groups is 1. The lowest BCUT2D eigenvalue weighted by Crippen LogP contribution is -2.35. The molecule has 1 aliphatic heterocycles. The lowest BCUT2D eigenvalue weighted by molar-refractivity contribution is -0.141. The second kappa shape index (κ2) is 8.68. The Hall–Kier alpha value is -3.48. The van der Waals surface area contributed by atoms with Gasteiger partial charge < -0.3 is 9.64 Å². The summed E-state index contributed by atoms with van der Waals surface area (Å²) in [5.41, 5.74) is 0.973. The molecule has 0 fully saturated rings. The van der Waals surface area contributed by atoms with Crippen LogP contribution < -0.4 is 4.90 Å². The molecule has 2 aromatic rings. The van der Waals surface area contributed by atoms with Gasteiger partial charge in [-0.25, -0.2) is 9.29 Å². The third kappa shape index (κ3) is 4.18. The largest absolute Gasteiger partial charge is 0.418 e. The molecule has 2 amide bonds. The van der Waals surface area contributed by atoms with Crippen molar-refractivity contribution in [1.29, 1.82) is 0 Å². The number of hydrogen-bond donors (Lipinski definition) is 0. The molecule has 1 aliphatic rings. The molecular formula is C22H21FN2O4. The molecule has 0 aromatic heterocycles.